The Morgan fingerprint density at radius 2 is 1.66 bits per heavy atom. The second-order valence-electron chi connectivity index (χ2n) is 8.59. The van der Waals surface area contributed by atoms with Crippen molar-refractivity contribution in [1.82, 2.24) is 5.32 Å². The van der Waals surface area contributed by atoms with Gasteiger partial charge in [0.25, 0.3) is 10.0 Å². The fourth-order valence-electron chi connectivity index (χ4n) is 4.14. The predicted octanol–water partition coefficient (Wildman–Crippen LogP) is 4.92. The van der Waals surface area contributed by atoms with Crippen molar-refractivity contribution in [3.63, 3.8) is 0 Å². The van der Waals surface area contributed by atoms with Gasteiger partial charge in [0.15, 0.2) is 5.54 Å². The van der Waals surface area contributed by atoms with Crippen LogP contribution >= 0.6 is 23.2 Å². The smallest absolute Gasteiger partial charge is 0.408 e. The molecule has 1 saturated heterocycles. The molecule has 3 aromatic rings. The van der Waals surface area contributed by atoms with E-state index in [4.69, 9.17) is 32.7 Å². The minimum atomic E-state index is -4.23. The van der Waals surface area contributed by atoms with Crippen molar-refractivity contribution in [3.05, 3.63) is 94.0 Å². The summed E-state index contributed by atoms with van der Waals surface area (Å²) in [6.45, 7) is 2.80. The highest BCUT2D eigenvalue weighted by atomic mass is 35.5. The predicted molar refractivity (Wildman–Crippen MR) is 141 cm³/mol. The molecule has 2 atom stereocenters. The van der Waals surface area contributed by atoms with Crippen molar-refractivity contribution in [2.75, 3.05) is 10.9 Å². The van der Waals surface area contributed by atoms with Crippen LogP contribution in [0.5, 0.6) is 0 Å². The van der Waals surface area contributed by atoms with Gasteiger partial charge < -0.3 is 19.6 Å². The maximum absolute atomic E-state index is 13.8. The van der Waals surface area contributed by atoms with E-state index in [2.05, 4.69) is 5.32 Å². The number of nitrogens with zero attached hydrogens (tertiary/aromatic N) is 1. The Kier molecular flexibility index (Phi) is 7.68. The van der Waals surface area contributed by atoms with Crippen LogP contribution in [-0.2, 0) is 29.8 Å². The van der Waals surface area contributed by atoms with Crippen LogP contribution in [-0.4, -0.2) is 39.1 Å². The molecule has 1 spiro atoms. The number of halogens is 2. The van der Waals surface area contributed by atoms with Gasteiger partial charge in [-0.05, 0) is 50.2 Å². The average Bonchev–Trinajstić information content (AvgIpc) is 3.38. The summed E-state index contributed by atoms with van der Waals surface area (Å²) in [4.78, 5) is 34.8. The number of alkyl carbamates (subject to hydrolysis) is 1. The van der Waals surface area contributed by atoms with Gasteiger partial charge in [-0.2, -0.15) is 0 Å². The van der Waals surface area contributed by atoms with Gasteiger partial charge in [0.1, 0.15) is 12.4 Å². The maximum Gasteiger partial charge on any atom is 0.408 e. The Labute approximate surface area is 229 Å². The molecule has 0 aromatic heterocycles. The summed E-state index contributed by atoms with van der Waals surface area (Å²) in [5, 5.41) is 3.02. The Morgan fingerprint density at radius 1 is 1.03 bits per heavy atom. The number of hydrogen-bond donors (Lipinski definition) is 1. The summed E-state index contributed by atoms with van der Waals surface area (Å²) in [6, 6.07) is 18.5. The van der Waals surface area contributed by atoms with Gasteiger partial charge in [0, 0.05) is 10.6 Å². The van der Waals surface area contributed by atoms with Gasteiger partial charge in [-0.25, -0.2) is 22.3 Å². The molecule has 1 amide bonds. The molecule has 0 aliphatic carbocycles. The number of benzene rings is 3. The molecule has 12 heteroatoms. The molecule has 38 heavy (non-hydrogen) atoms. The van der Waals surface area contributed by atoms with Crippen LogP contribution in [0.2, 0.25) is 10.0 Å². The fraction of sp³-hybridized carbons (Fsp3) is 0.192. The summed E-state index contributed by atoms with van der Waals surface area (Å²) in [6.07, 6.45) is -2.26. The van der Waals surface area contributed by atoms with E-state index in [0.29, 0.717) is 10.6 Å². The van der Waals surface area contributed by atoms with Crippen LogP contribution in [0.3, 0.4) is 0 Å². The van der Waals surface area contributed by atoms with E-state index in [1.807, 2.05) is 0 Å². The Bertz CT molecular complexity index is 1510. The Hall–Kier alpha value is -3.60. The Balaban J connectivity index is 0.000000786. The van der Waals surface area contributed by atoms with Crippen LogP contribution in [0.15, 0.2) is 77.7 Å². The molecule has 2 aliphatic rings. The van der Waals surface area contributed by atoms with Crippen LogP contribution in [0, 0.1) is 0 Å². The number of nitrogens with one attached hydrogen (secondary N) is 1. The standard InChI is InChI=1S/C23H16Cl2N2O6S.C3H6O/c24-14-10-11-16(18(25)12-14)20(28)33-21-23(13-32-22(29)26-23)17-8-4-5-9-19(17)27(21)34(30,31)15-6-2-1-3-7-15;1-3(2)4/h1-12,21H,13H2,(H,26,29);1-2H3/t21-,23-;/m1./s1. The quantitative estimate of drug-likeness (QED) is 0.438. The van der Waals surface area contributed by atoms with E-state index in [1.54, 1.807) is 42.5 Å². The second kappa shape index (κ2) is 10.6. The number of fused-ring (bicyclic) bond motifs is 2. The zero-order chi connectivity index (χ0) is 27.7. The minimum Gasteiger partial charge on any atom is -0.446 e. The van der Waals surface area contributed by atoms with E-state index < -0.39 is 33.9 Å². The molecule has 0 saturated carbocycles. The number of anilines is 1. The number of ether oxygens (including phenoxy) is 2. The number of Topliss-reactive ketones (excluding diaryl/α,β-unsaturated/α-hetero) is 1. The highest BCUT2D eigenvalue weighted by Gasteiger charge is 2.61. The molecule has 0 bridgehead atoms. The largest absolute Gasteiger partial charge is 0.446 e. The SMILES string of the molecule is CC(C)=O.O=C1N[C@]2(CO1)c1ccccc1N(S(=O)(=O)c1ccccc1)[C@@H]2OC(=O)c1ccc(Cl)cc1Cl. The summed E-state index contributed by atoms with van der Waals surface area (Å²) in [5.74, 6) is -0.728. The number of sulfonamides is 1. The zero-order valence-corrected chi connectivity index (χ0v) is 22.5. The van der Waals surface area contributed by atoms with Gasteiger partial charge in [-0.3, -0.25) is 0 Å². The highest BCUT2D eigenvalue weighted by Crippen LogP contribution is 2.49. The van der Waals surface area contributed by atoms with Gasteiger partial charge >= 0.3 is 12.1 Å². The number of hydrogen-bond acceptors (Lipinski definition) is 7. The molecule has 2 aliphatic heterocycles. The normalized spacial score (nSPS) is 19.6. The number of para-hydroxylation sites is 1. The molecule has 3 aromatic carbocycles. The van der Waals surface area contributed by atoms with Crippen LogP contribution in [0.4, 0.5) is 10.5 Å². The van der Waals surface area contributed by atoms with Crippen LogP contribution in [0.25, 0.3) is 0 Å². The first-order valence-corrected chi connectivity index (χ1v) is 13.4. The van der Waals surface area contributed by atoms with Crippen LogP contribution in [0.1, 0.15) is 29.8 Å². The fourth-order valence-corrected chi connectivity index (χ4v) is 6.25. The lowest BCUT2D eigenvalue weighted by Crippen LogP contribution is -2.56. The number of rotatable bonds is 4. The number of carbonyl (C=O) groups excluding carboxylic acids is 3. The maximum atomic E-state index is 13.8. The molecule has 2 heterocycles. The van der Waals surface area contributed by atoms with Crippen molar-refractivity contribution in [2.24, 2.45) is 0 Å². The van der Waals surface area contributed by atoms with Gasteiger partial charge in [-0.1, -0.05) is 59.6 Å². The van der Waals surface area contributed by atoms with Crippen molar-refractivity contribution in [3.8, 4) is 0 Å². The lowest BCUT2D eigenvalue weighted by Gasteiger charge is -2.33. The third-order valence-corrected chi connectivity index (χ3v) is 8.00. The summed E-state index contributed by atoms with van der Waals surface area (Å²) < 4.78 is 39.5. The average molecular weight is 577 g/mol. The first-order valence-electron chi connectivity index (χ1n) is 11.2. The molecule has 1 fully saturated rings. The molecule has 0 unspecified atom stereocenters. The molecule has 5 rings (SSSR count). The lowest BCUT2D eigenvalue weighted by molar-refractivity contribution is -0.115. The highest BCUT2D eigenvalue weighted by molar-refractivity contribution is 7.92. The zero-order valence-electron chi connectivity index (χ0n) is 20.2. The van der Waals surface area contributed by atoms with Crippen LogP contribution < -0.4 is 9.62 Å². The third-order valence-electron chi connectivity index (χ3n) is 5.68. The van der Waals surface area contributed by atoms with E-state index in [0.717, 1.165) is 4.31 Å². The van der Waals surface area contributed by atoms with Crippen molar-refractivity contribution >= 4 is 56.8 Å². The monoisotopic (exact) mass is 576 g/mol. The molecule has 1 N–H and O–H groups in total. The minimum absolute atomic E-state index is 0.0144. The number of carbonyl (C=O) groups is 3. The van der Waals surface area contributed by atoms with Gasteiger partial charge in [-0.15, -0.1) is 0 Å². The molecule has 0 radical (unpaired) electrons. The summed E-state index contributed by atoms with van der Waals surface area (Å²) in [5.41, 5.74) is -0.804. The summed E-state index contributed by atoms with van der Waals surface area (Å²) in [7, 11) is -4.23. The van der Waals surface area contributed by atoms with E-state index in [1.165, 1.54) is 44.2 Å². The molecular formula is C26H22Cl2N2O7S. The van der Waals surface area contributed by atoms with Crippen molar-refractivity contribution < 1.29 is 32.3 Å². The number of esters is 1. The number of cyclic esters (lactones) is 1. The topological polar surface area (TPSA) is 119 Å². The van der Waals surface area contributed by atoms with E-state index in [9.17, 15) is 22.8 Å². The van der Waals surface area contributed by atoms with Crippen molar-refractivity contribution in [1.29, 1.82) is 0 Å². The second-order valence-corrected chi connectivity index (χ2v) is 11.3. The lowest BCUT2D eigenvalue weighted by atomic mass is 9.92. The Morgan fingerprint density at radius 3 is 2.26 bits per heavy atom. The molecular weight excluding hydrogens is 555 g/mol. The van der Waals surface area contributed by atoms with Crippen molar-refractivity contribution in [2.45, 2.75) is 30.5 Å². The number of ketones is 1. The van der Waals surface area contributed by atoms with Gasteiger partial charge in [0.2, 0.25) is 6.23 Å². The molecule has 9 nitrogen and oxygen atoms in total. The van der Waals surface area contributed by atoms with E-state index in [-0.39, 0.29) is 33.6 Å². The first-order chi connectivity index (χ1) is 18.0. The third kappa shape index (κ3) is 5.07. The van der Waals surface area contributed by atoms with Gasteiger partial charge in [0.05, 0.1) is 21.2 Å². The van der Waals surface area contributed by atoms with E-state index >= 15 is 0 Å². The number of amides is 1. The summed E-state index contributed by atoms with van der Waals surface area (Å²) >= 11 is 12.1. The molecule has 198 valence electrons. The first kappa shape index (κ1) is 27.4.